The summed E-state index contributed by atoms with van der Waals surface area (Å²) in [6.45, 7) is 9.04. The second-order valence-corrected chi connectivity index (χ2v) is 7.35. The van der Waals surface area contributed by atoms with Crippen LogP contribution in [0.1, 0.15) is 65.0 Å². The van der Waals surface area contributed by atoms with Gasteiger partial charge in [-0.1, -0.05) is 45.7 Å². The Morgan fingerprint density at radius 1 is 1.10 bits per heavy atom. The van der Waals surface area contributed by atoms with Gasteiger partial charge in [0.15, 0.2) is 0 Å². The first-order chi connectivity index (χ1) is 9.38. The van der Waals surface area contributed by atoms with E-state index < -0.39 is 0 Å². The lowest BCUT2D eigenvalue weighted by molar-refractivity contribution is 0.226. The largest absolute Gasteiger partial charge is 0.307 e. The third-order valence-electron chi connectivity index (χ3n) is 4.61. The van der Waals surface area contributed by atoms with Crippen LogP contribution in [0.25, 0.3) is 0 Å². The van der Waals surface area contributed by atoms with E-state index in [0.717, 1.165) is 5.92 Å². The standard InChI is InChI=1S/C18H28FN/c1-13(14-7-5-6-8-14)20-17(18(2,3)4)15-9-11-16(19)12-10-15/h9-14,17,20H,5-8H2,1-4H3. The summed E-state index contributed by atoms with van der Waals surface area (Å²) in [5.41, 5.74) is 1.30. The van der Waals surface area contributed by atoms with E-state index in [9.17, 15) is 4.39 Å². The number of nitrogens with one attached hydrogen (secondary N) is 1. The average Bonchev–Trinajstić information content (AvgIpc) is 2.89. The smallest absolute Gasteiger partial charge is 0.123 e. The number of benzene rings is 1. The van der Waals surface area contributed by atoms with Crippen molar-refractivity contribution in [1.29, 1.82) is 0 Å². The maximum Gasteiger partial charge on any atom is 0.123 e. The van der Waals surface area contributed by atoms with Crippen molar-refractivity contribution in [2.24, 2.45) is 11.3 Å². The fourth-order valence-corrected chi connectivity index (χ4v) is 3.36. The molecular formula is C18H28FN. The molecule has 1 nitrogen and oxygen atoms in total. The van der Waals surface area contributed by atoms with Crippen LogP contribution in [0.5, 0.6) is 0 Å². The molecule has 0 bridgehead atoms. The molecule has 2 rings (SSSR count). The molecule has 1 saturated carbocycles. The van der Waals surface area contributed by atoms with Gasteiger partial charge in [0.2, 0.25) is 0 Å². The molecule has 1 aliphatic rings. The first kappa shape index (κ1) is 15.5. The molecule has 0 radical (unpaired) electrons. The Morgan fingerprint density at radius 3 is 2.15 bits per heavy atom. The van der Waals surface area contributed by atoms with Crippen LogP contribution in [-0.2, 0) is 0 Å². The normalized spacial score (nSPS) is 20.1. The number of rotatable bonds is 4. The molecule has 2 heteroatoms. The molecule has 0 spiro atoms. The van der Waals surface area contributed by atoms with E-state index in [2.05, 4.69) is 33.0 Å². The van der Waals surface area contributed by atoms with Crippen LogP contribution in [0.3, 0.4) is 0 Å². The zero-order chi connectivity index (χ0) is 14.8. The van der Waals surface area contributed by atoms with E-state index in [-0.39, 0.29) is 17.3 Å². The minimum absolute atomic E-state index is 0.116. The Kier molecular flexibility index (Phi) is 4.85. The molecule has 20 heavy (non-hydrogen) atoms. The lowest BCUT2D eigenvalue weighted by Crippen LogP contribution is -2.41. The quantitative estimate of drug-likeness (QED) is 0.809. The summed E-state index contributed by atoms with van der Waals surface area (Å²) in [4.78, 5) is 0. The van der Waals surface area contributed by atoms with Crippen LogP contribution in [0.2, 0.25) is 0 Å². The van der Waals surface area contributed by atoms with Gasteiger partial charge < -0.3 is 5.32 Å². The summed E-state index contributed by atoms with van der Waals surface area (Å²) in [5, 5.41) is 3.81. The van der Waals surface area contributed by atoms with E-state index in [1.54, 1.807) is 12.1 Å². The Labute approximate surface area is 123 Å². The van der Waals surface area contributed by atoms with Crippen molar-refractivity contribution in [3.05, 3.63) is 35.6 Å². The van der Waals surface area contributed by atoms with Gasteiger partial charge in [-0.25, -0.2) is 4.39 Å². The molecule has 1 N–H and O–H groups in total. The van der Waals surface area contributed by atoms with Gasteiger partial charge in [-0.3, -0.25) is 0 Å². The second-order valence-electron chi connectivity index (χ2n) is 7.35. The minimum Gasteiger partial charge on any atom is -0.307 e. The second kappa shape index (κ2) is 6.26. The molecule has 1 aromatic rings. The summed E-state index contributed by atoms with van der Waals surface area (Å²) >= 11 is 0. The van der Waals surface area contributed by atoms with E-state index in [1.165, 1.54) is 31.2 Å². The predicted octanol–water partition coefficient (Wildman–Crippen LogP) is 5.08. The Balaban J connectivity index is 2.13. The summed E-state index contributed by atoms with van der Waals surface area (Å²) in [6.07, 6.45) is 5.42. The third-order valence-corrected chi connectivity index (χ3v) is 4.61. The number of hydrogen-bond donors (Lipinski definition) is 1. The van der Waals surface area contributed by atoms with Gasteiger partial charge in [-0.15, -0.1) is 0 Å². The summed E-state index contributed by atoms with van der Waals surface area (Å²) in [7, 11) is 0. The molecular weight excluding hydrogens is 249 g/mol. The van der Waals surface area contributed by atoms with Crippen molar-refractivity contribution in [3.8, 4) is 0 Å². The fourth-order valence-electron chi connectivity index (χ4n) is 3.36. The lowest BCUT2D eigenvalue weighted by atomic mass is 9.81. The molecule has 112 valence electrons. The zero-order valence-electron chi connectivity index (χ0n) is 13.2. The van der Waals surface area contributed by atoms with E-state index in [4.69, 9.17) is 0 Å². The monoisotopic (exact) mass is 277 g/mol. The van der Waals surface area contributed by atoms with Crippen molar-refractivity contribution in [2.45, 2.75) is 65.5 Å². The topological polar surface area (TPSA) is 12.0 Å². The Bertz CT molecular complexity index is 412. The van der Waals surface area contributed by atoms with E-state index >= 15 is 0 Å². The molecule has 0 aliphatic heterocycles. The maximum absolute atomic E-state index is 13.1. The molecule has 0 amide bonds. The van der Waals surface area contributed by atoms with Crippen molar-refractivity contribution < 1.29 is 4.39 Å². The predicted molar refractivity (Wildman–Crippen MR) is 83.2 cm³/mol. The van der Waals surface area contributed by atoms with Crippen molar-refractivity contribution in [2.75, 3.05) is 0 Å². The van der Waals surface area contributed by atoms with Crippen LogP contribution >= 0.6 is 0 Å². The third kappa shape index (κ3) is 3.82. The molecule has 2 unspecified atom stereocenters. The molecule has 0 aromatic heterocycles. The fraction of sp³-hybridized carbons (Fsp3) is 0.667. The zero-order valence-corrected chi connectivity index (χ0v) is 13.2. The number of halogens is 1. The van der Waals surface area contributed by atoms with Crippen LogP contribution in [0.4, 0.5) is 4.39 Å². The molecule has 0 heterocycles. The van der Waals surface area contributed by atoms with Crippen LogP contribution in [0, 0.1) is 17.2 Å². The van der Waals surface area contributed by atoms with E-state index in [0.29, 0.717) is 6.04 Å². The van der Waals surface area contributed by atoms with Gasteiger partial charge in [0.25, 0.3) is 0 Å². The highest BCUT2D eigenvalue weighted by Crippen LogP contribution is 2.35. The Morgan fingerprint density at radius 2 is 1.65 bits per heavy atom. The molecule has 1 fully saturated rings. The van der Waals surface area contributed by atoms with Crippen LogP contribution in [-0.4, -0.2) is 6.04 Å². The van der Waals surface area contributed by atoms with Crippen molar-refractivity contribution in [1.82, 2.24) is 5.32 Å². The SMILES string of the molecule is CC(NC(c1ccc(F)cc1)C(C)(C)C)C1CCCC1. The van der Waals surface area contributed by atoms with E-state index in [1.807, 2.05) is 12.1 Å². The lowest BCUT2D eigenvalue weighted by Gasteiger charge is -2.36. The maximum atomic E-state index is 13.1. The van der Waals surface area contributed by atoms with Crippen LogP contribution < -0.4 is 5.32 Å². The summed E-state index contributed by atoms with van der Waals surface area (Å²) < 4.78 is 13.1. The van der Waals surface area contributed by atoms with Gasteiger partial charge in [0.05, 0.1) is 0 Å². The van der Waals surface area contributed by atoms with Gasteiger partial charge in [0, 0.05) is 12.1 Å². The van der Waals surface area contributed by atoms with Gasteiger partial charge in [0.1, 0.15) is 5.82 Å². The highest BCUT2D eigenvalue weighted by molar-refractivity contribution is 5.22. The molecule has 2 atom stereocenters. The highest BCUT2D eigenvalue weighted by Gasteiger charge is 2.30. The van der Waals surface area contributed by atoms with Gasteiger partial charge in [-0.05, 0) is 48.8 Å². The van der Waals surface area contributed by atoms with Crippen molar-refractivity contribution >= 4 is 0 Å². The first-order valence-electron chi connectivity index (χ1n) is 7.89. The summed E-state index contributed by atoms with van der Waals surface area (Å²) in [6, 6.07) is 7.75. The minimum atomic E-state index is -0.162. The highest BCUT2D eigenvalue weighted by atomic mass is 19.1. The van der Waals surface area contributed by atoms with Crippen LogP contribution in [0.15, 0.2) is 24.3 Å². The molecule has 1 aliphatic carbocycles. The van der Waals surface area contributed by atoms with Gasteiger partial charge >= 0.3 is 0 Å². The van der Waals surface area contributed by atoms with Crippen molar-refractivity contribution in [3.63, 3.8) is 0 Å². The molecule has 0 saturated heterocycles. The van der Waals surface area contributed by atoms with Gasteiger partial charge in [-0.2, -0.15) is 0 Å². The average molecular weight is 277 g/mol. The Hall–Kier alpha value is -0.890. The first-order valence-corrected chi connectivity index (χ1v) is 7.89. The number of hydrogen-bond acceptors (Lipinski definition) is 1. The summed E-state index contributed by atoms with van der Waals surface area (Å²) in [5.74, 6) is 0.630. The molecule has 1 aromatic carbocycles.